The quantitative estimate of drug-likeness (QED) is 0.397. The number of nitrogens with two attached hydrogens (primary N) is 1. The number of ether oxygens (including phenoxy) is 2. The van der Waals surface area contributed by atoms with Crippen LogP contribution >= 0.6 is 12.2 Å². The van der Waals surface area contributed by atoms with Crippen molar-refractivity contribution in [3.05, 3.63) is 71.8 Å². The number of methoxy groups -OCH3 is 1. The van der Waals surface area contributed by atoms with Crippen molar-refractivity contribution in [3.8, 4) is 11.5 Å². The second-order valence-corrected chi connectivity index (χ2v) is 6.01. The van der Waals surface area contributed by atoms with E-state index in [0.29, 0.717) is 18.1 Å². The highest BCUT2D eigenvalue weighted by atomic mass is 32.1. The zero-order chi connectivity index (χ0) is 18.4. The van der Waals surface area contributed by atoms with Crippen molar-refractivity contribution in [3.63, 3.8) is 0 Å². The molecule has 0 aliphatic rings. The van der Waals surface area contributed by atoms with Crippen molar-refractivity contribution in [1.29, 1.82) is 0 Å². The standard InChI is InChI=1S/C20H19N3O2S/c1-24-19-11-14(12-22-23-20(21)26)9-10-18(19)25-13-16-7-4-6-15-5-2-3-8-17(15)16/h2-12H,13H2,1H3,(H3,21,23,26). The Morgan fingerprint density at radius 3 is 2.73 bits per heavy atom. The molecule has 0 fully saturated rings. The molecule has 3 rings (SSSR count). The van der Waals surface area contributed by atoms with Gasteiger partial charge in [-0.1, -0.05) is 42.5 Å². The maximum atomic E-state index is 5.99. The topological polar surface area (TPSA) is 68.9 Å². The normalized spacial score (nSPS) is 10.8. The smallest absolute Gasteiger partial charge is 0.184 e. The second-order valence-electron chi connectivity index (χ2n) is 5.57. The van der Waals surface area contributed by atoms with Crippen LogP contribution in [-0.2, 0) is 6.61 Å². The van der Waals surface area contributed by atoms with Crippen molar-refractivity contribution < 1.29 is 9.47 Å². The Balaban J connectivity index is 1.77. The van der Waals surface area contributed by atoms with Crippen LogP contribution in [-0.4, -0.2) is 18.4 Å². The van der Waals surface area contributed by atoms with Crippen LogP contribution in [0.5, 0.6) is 11.5 Å². The summed E-state index contributed by atoms with van der Waals surface area (Å²) in [4.78, 5) is 0. The summed E-state index contributed by atoms with van der Waals surface area (Å²) >= 11 is 4.70. The van der Waals surface area contributed by atoms with Crippen molar-refractivity contribution in [2.75, 3.05) is 7.11 Å². The minimum absolute atomic E-state index is 0.114. The Morgan fingerprint density at radius 1 is 1.12 bits per heavy atom. The molecule has 3 aromatic carbocycles. The summed E-state index contributed by atoms with van der Waals surface area (Å²) in [5.74, 6) is 1.30. The van der Waals surface area contributed by atoms with Crippen LogP contribution in [0.1, 0.15) is 11.1 Å². The van der Waals surface area contributed by atoms with Gasteiger partial charge in [-0.05, 0) is 52.3 Å². The first-order valence-corrected chi connectivity index (χ1v) is 8.44. The molecule has 26 heavy (non-hydrogen) atoms. The molecule has 0 spiro atoms. The van der Waals surface area contributed by atoms with Crippen molar-refractivity contribution in [2.24, 2.45) is 10.8 Å². The predicted molar refractivity (Wildman–Crippen MR) is 109 cm³/mol. The summed E-state index contributed by atoms with van der Waals surface area (Å²) < 4.78 is 11.4. The Hall–Kier alpha value is -3.12. The van der Waals surface area contributed by atoms with Crippen LogP contribution in [0.15, 0.2) is 65.8 Å². The van der Waals surface area contributed by atoms with E-state index in [1.165, 1.54) is 10.8 Å². The van der Waals surface area contributed by atoms with Gasteiger partial charge in [0.2, 0.25) is 0 Å². The minimum Gasteiger partial charge on any atom is -0.493 e. The largest absolute Gasteiger partial charge is 0.493 e. The third-order valence-corrected chi connectivity index (χ3v) is 3.93. The molecule has 5 nitrogen and oxygen atoms in total. The fourth-order valence-electron chi connectivity index (χ4n) is 2.63. The molecule has 0 radical (unpaired) electrons. The summed E-state index contributed by atoms with van der Waals surface area (Å²) in [6.45, 7) is 0.453. The van der Waals surface area contributed by atoms with E-state index in [0.717, 1.165) is 11.1 Å². The Labute approximate surface area is 157 Å². The second kappa shape index (κ2) is 8.31. The van der Waals surface area contributed by atoms with E-state index < -0.39 is 0 Å². The van der Waals surface area contributed by atoms with Crippen molar-refractivity contribution >= 4 is 34.3 Å². The van der Waals surface area contributed by atoms with Gasteiger partial charge in [-0.15, -0.1) is 0 Å². The van der Waals surface area contributed by atoms with E-state index >= 15 is 0 Å². The van der Waals surface area contributed by atoms with Crippen LogP contribution in [0.3, 0.4) is 0 Å². The van der Waals surface area contributed by atoms with E-state index in [9.17, 15) is 0 Å². The average molecular weight is 365 g/mol. The fourth-order valence-corrected chi connectivity index (χ4v) is 2.68. The van der Waals surface area contributed by atoms with Crippen LogP contribution in [0.25, 0.3) is 10.8 Å². The molecule has 132 valence electrons. The SMILES string of the molecule is COc1cc(C=NNC(N)=S)ccc1OCc1cccc2ccccc12. The molecule has 0 aliphatic heterocycles. The van der Waals surface area contributed by atoms with Gasteiger partial charge in [-0.3, -0.25) is 5.43 Å². The lowest BCUT2D eigenvalue weighted by Crippen LogP contribution is -2.23. The number of hydrogen-bond donors (Lipinski definition) is 2. The van der Waals surface area contributed by atoms with Crippen LogP contribution < -0.4 is 20.6 Å². The number of benzene rings is 3. The summed E-state index contributed by atoms with van der Waals surface area (Å²) in [7, 11) is 1.61. The van der Waals surface area contributed by atoms with E-state index in [1.54, 1.807) is 13.3 Å². The van der Waals surface area contributed by atoms with E-state index in [-0.39, 0.29) is 5.11 Å². The molecule has 3 aromatic rings. The molecule has 0 bridgehead atoms. The zero-order valence-corrected chi connectivity index (χ0v) is 15.1. The van der Waals surface area contributed by atoms with Gasteiger partial charge in [-0.25, -0.2) is 0 Å². The van der Waals surface area contributed by atoms with Gasteiger partial charge in [0.05, 0.1) is 13.3 Å². The number of rotatable bonds is 6. The highest BCUT2D eigenvalue weighted by Crippen LogP contribution is 2.29. The van der Waals surface area contributed by atoms with Gasteiger partial charge in [0.1, 0.15) is 6.61 Å². The van der Waals surface area contributed by atoms with E-state index in [2.05, 4.69) is 34.8 Å². The summed E-state index contributed by atoms with van der Waals surface area (Å²) in [6.07, 6.45) is 1.61. The molecule has 0 aliphatic carbocycles. The van der Waals surface area contributed by atoms with Gasteiger partial charge in [0.15, 0.2) is 16.6 Å². The van der Waals surface area contributed by atoms with Crippen LogP contribution in [0, 0.1) is 0 Å². The summed E-state index contributed by atoms with van der Waals surface area (Å²) in [5, 5.41) is 6.42. The van der Waals surface area contributed by atoms with Crippen molar-refractivity contribution in [2.45, 2.75) is 6.61 Å². The number of hydrogen-bond acceptors (Lipinski definition) is 4. The van der Waals surface area contributed by atoms with Gasteiger partial charge in [-0.2, -0.15) is 5.10 Å². The van der Waals surface area contributed by atoms with Crippen LogP contribution in [0.4, 0.5) is 0 Å². The first-order valence-electron chi connectivity index (χ1n) is 8.03. The predicted octanol–water partition coefficient (Wildman–Crippen LogP) is 3.59. The van der Waals surface area contributed by atoms with E-state index in [4.69, 9.17) is 27.4 Å². The first kappa shape index (κ1) is 17.7. The molecular weight excluding hydrogens is 346 g/mol. The molecule has 0 saturated heterocycles. The number of hydrazone groups is 1. The average Bonchev–Trinajstić information content (AvgIpc) is 2.66. The first-order chi connectivity index (χ1) is 12.7. The van der Waals surface area contributed by atoms with Gasteiger partial charge < -0.3 is 15.2 Å². The number of fused-ring (bicyclic) bond motifs is 1. The lowest BCUT2D eigenvalue weighted by Gasteiger charge is -2.12. The third kappa shape index (κ3) is 4.29. The summed E-state index contributed by atoms with van der Waals surface area (Å²) in [5.41, 5.74) is 9.81. The number of nitrogens with zero attached hydrogens (tertiary/aromatic N) is 1. The maximum Gasteiger partial charge on any atom is 0.184 e. The monoisotopic (exact) mass is 365 g/mol. The van der Waals surface area contributed by atoms with Gasteiger partial charge >= 0.3 is 0 Å². The molecule has 0 unspecified atom stereocenters. The van der Waals surface area contributed by atoms with Crippen LogP contribution in [0.2, 0.25) is 0 Å². The molecule has 0 heterocycles. The van der Waals surface area contributed by atoms with Gasteiger partial charge in [0.25, 0.3) is 0 Å². The lowest BCUT2D eigenvalue weighted by atomic mass is 10.1. The zero-order valence-electron chi connectivity index (χ0n) is 14.3. The lowest BCUT2D eigenvalue weighted by molar-refractivity contribution is 0.285. The molecule has 3 N–H and O–H groups in total. The Morgan fingerprint density at radius 2 is 1.92 bits per heavy atom. The molecule has 0 saturated carbocycles. The molecule has 0 aromatic heterocycles. The highest BCUT2D eigenvalue weighted by molar-refractivity contribution is 7.80. The Bertz CT molecular complexity index is 951. The number of nitrogens with one attached hydrogen (secondary N) is 1. The molecular formula is C20H19N3O2S. The highest BCUT2D eigenvalue weighted by Gasteiger charge is 2.07. The minimum atomic E-state index is 0.114. The molecule has 0 atom stereocenters. The van der Waals surface area contributed by atoms with Crippen molar-refractivity contribution in [1.82, 2.24) is 5.43 Å². The Kier molecular flexibility index (Phi) is 5.66. The molecule has 6 heteroatoms. The number of thiocarbonyl (C=S) groups is 1. The third-order valence-electron chi connectivity index (χ3n) is 3.84. The summed E-state index contributed by atoms with van der Waals surface area (Å²) in [6, 6.07) is 20.0. The molecule has 0 amide bonds. The fraction of sp³-hybridized carbons (Fsp3) is 0.100. The van der Waals surface area contributed by atoms with E-state index in [1.807, 2.05) is 36.4 Å². The van der Waals surface area contributed by atoms with Gasteiger partial charge in [0, 0.05) is 0 Å². The maximum absolute atomic E-state index is 5.99.